The summed E-state index contributed by atoms with van der Waals surface area (Å²) in [6.45, 7) is 4.47. The molecule has 0 bridgehead atoms. The van der Waals surface area contributed by atoms with Crippen molar-refractivity contribution in [2.24, 2.45) is 0 Å². The SMILES string of the molecule is CCCNCCNC(=O)C1CC(c2ccc(F)cc2)NN1. The Kier molecular flexibility index (Phi) is 6.10. The number of hydrogen-bond acceptors (Lipinski definition) is 4. The smallest absolute Gasteiger partial charge is 0.238 e. The lowest BCUT2D eigenvalue weighted by atomic mass is 10.0. The van der Waals surface area contributed by atoms with Gasteiger partial charge in [-0.05, 0) is 37.1 Å². The predicted octanol–water partition coefficient (Wildman–Crippen LogP) is 0.849. The van der Waals surface area contributed by atoms with Gasteiger partial charge in [-0.25, -0.2) is 15.2 Å². The van der Waals surface area contributed by atoms with E-state index >= 15 is 0 Å². The van der Waals surface area contributed by atoms with E-state index in [1.165, 1.54) is 12.1 Å². The highest BCUT2D eigenvalue weighted by atomic mass is 19.1. The molecule has 1 amide bonds. The first-order valence-corrected chi connectivity index (χ1v) is 7.45. The zero-order valence-corrected chi connectivity index (χ0v) is 12.3. The predicted molar refractivity (Wildman–Crippen MR) is 80.0 cm³/mol. The van der Waals surface area contributed by atoms with Gasteiger partial charge in [-0.3, -0.25) is 4.79 Å². The van der Waals surface area contributed by atoms with Gasteiger partial charge in [-0.2, -0.15) is 0 Å². The molecule has 0 aromatic heterocycles. The Bertz CT molecular complexity index is 451. The minimum Gasteiger partial charge on any atom is -0.353 e. The molecule has 6 heteroatoms. The van der Waals surface area contributed by atoms with Crippen LogP contribution in [0.4, 0.5) is 4.39 Å². The number of hydrogen-bond donors (Lipinski definition) is 4. The number of nitrogens with one attached hydrogen (secondary N) is 4. The molecule has 2 atom stereocenters. The Morgan fingerprint density at radius 1 is 1.24 bits per heavy atom. The van der Waals surface area contributed by atoms with Crippen LogP contribution in [0, 0.1) is 5.82 Å². The van der Waals surface area contributed by atoms with Crippen LogP contribution < -0.4 is 21.5 Å². The van der Waals surface area contributed by atoms with Crippen molar-refractivity contribution < 1.29 is 9.18 Å². The summed E-state index contributed by atoms with van der Waals surface area (Å²) in [4.78, 5) is 12.0. The van der Waals surface area contributed by atoms with Gasteiger partial charge in [-0.15, -0.1) is 0 Å². The van der Waals surface area contributed by atoms with Gasteiger partial charge < -0.3 is 10.6 Å². The number of hydrazine groups is 1. The van der Waals surface area contributed by atoms with E-state index in [9.17, 15) is 9.18 Å². The van der Waals surface area contributed by atoms with E-state index in [1.807, 2.05) is 0 Å². The van der Waals surface area contributed by atoms with Gasteiger partial charge >= 0.3 is 0 Å². The fraction of sp³-hybridized carbons (Fsp3) is 0.533. The van der Waals surface area contributed by atoms with Crippen LogP contribution in [0.1, 0.15) is 31.4 Å². The summed E-state index contributed by atoms with van der Waals surface area (Å²) in [5, 5.41) is 6.14. The van der Waals surface area contributed by atoms with Gasteiger partial charge in [0.2, 0.25) is 5.91 Å². The van der Waals surface area contributed by atoms with Gasteiger partial charge in [0.15, 0.2) is 0 Å². The Balaban J connectivity index is 1.74. The molecule has 1 heterocycles. The number of benzene rings is 1. The van der Waals surface area contributed by atoms with Crippen LogP contribution in [0.5, 0.6) is 0 Å². The Morgan fingerprint density at radius 2 is 2.00 bits per heavy atom. The lowest BCUT2D eigenvalue weighted by molar-refractivity contribution is -0.122. The van der Waals surface area contributed by atoms with Gasteiger partial charge in [-0.1, -0.05) is 19.1 Å². The van der Waals surface area contributed by atoms with Crippen molar-refractivity contribution in [1.82, 2.24) is 21.5 Å². The average Bonchev–Trinajstić information content (AvgIpc) is 2.97. The third-order valence-electron chi connectivity index (χ3n) is 3.52. The maximum Gasteiger partial charge on any atom is 0.238 e. The van der Waals surface area contributed by atoms with Crippen LogP contribution in [-0.4, -0.2) is 31.6 Å². The number of carbonyl (C=O) groups excluding carboxylic acids is 1. The van der Waals surface area contributed by atoms with Crippen LogP contribution in [0.2, 0.25) is 0 Å². The third-order valence-corrected chi connectivity index (χ3v) is 3.52. The molecular weight excluding hydrogens is 271 g/mol. The summed E-state index contributed by atoms with van der Waals surface area (Å²) in [6, 6.07) is 6.12. The quantitative estimate of drug-likeness (QED) is 0.563. The largest absolute Gasteiger partial charge is 0.353 e. The normalized spacial score (nSPS) is 21.4. The van der Waals surface area contributed by atoms with Crippen molar-refractivity contribution in [3.05, 3.63) is 35.6 Å². The average molecular weight is 294 g/mol. The second-order valence-corrected chi connectivity index (χ2v) is 5.22. The first-order valence-electron chi connectivity index (χ1n) is 7.45. The van der Waals surface area contributed by atoms with E-state index in [-0.39, 0.29) is 23.8 Å². The second-order valence-electron chi connectivity index (χ2n) is 5.22. The zero-order chi connectivity index (χ0) is 15.1. The van der Waals surface area contributed by atoms with E-state index in [2.05, 4.69) is 28.4 Å². The number of halogens is 1. The van der Waals surface area contributed by atoms with Crippen molar-refractivity contribution >= 4 is 5.91 Å². The molecule has 1 aromatic carbocycles. The molecule has 2 rings (SSSR count). The molecule has 5 nitrogen and oxygen atoms in total. The molecule has 1 aromatic rings. The van der Waals surface area contributed by atoms with Crippen LogP contribution in [0.25, 0.3) is 0 Å². The number of amides is 1. The summed E-state index contributed by atoms with van der Waals surface area (Å²) in [5.41, 5.74) is 7.06. The van der Waals surface area contributed by atoms with E-state index in [0.29, 0.717) is 13.0 Å². The molecule has 1 fully saturated rings. The van der Waals surface area contributed by atoms with E-state index < -0.39 is 0 Å². The lowest BCUT2D eigenvalue weighted by Crippen LogP contribution is -2.44. The summed E-state index contributed by atoms with van der Waals surface area (Å²) in [6.07, 6.45) is 1.74. The molecule has 0 saturated carbocycles. The van der Waals surface area contributed by atoms with E-state index in [1.54, 1.807) is 12.1 Å². The second kappa shape index (κ2) is 8.07. The van der Waals surface area contributed by atoms with Crippen molar-refractivity contribution in [3.8, 4) is 0 Å². The molecule has 0 spiro atoms. The van der Waals surface area contributed by atoms with E-state index in [4.69, 9.17) is 0 Å². The van der Waals surface area contributed by atoms with Gasteiger partial charge in [0.25, 0.3) is 0 Å². The maximum atomic E-state index is 12.9. The fourth-order valence-corrected chi connectivity index (χ4v) is 2.34. The molecule has 1 aliphatic heterocycles. The first-order chi connectivity index (χ1) is 10.2. The lowest BCUT2D eigenvalue weighted by Gasteiger charge is -2.11. The Hall–Kier alpha value is -1.50. The highest BCUT2D eigenvalue weighted by Crippen LogP contribution is 2.22. The van der Waals surface area contributed by atoms with Crippen LogP contribution in [0.3, 0.4) is 0 Å². The first kappa shape index (κ1) is 15.9. The minimum absolute atomic E-state index is 0.00888. The summed E-state index contributed by atoms with van der Waals surface area (Å²) < 4.78 is 12.9. The zero-order valence-electron chi connectivity index (χ0n) is 12.3. The molecule has 2 unspecified atom stereocenters. The highest BCUT2D eigenvalue weighted by Gasteiger charge is 2.29. The molecule has 116 valence electrons. The number of carbonyl (C=O) groups is 1. The summed E-state index contributed by atoms with van der Waals surface area (Å²) in [5.74, 6) is -0.260. The molecule has 1 saturated heterocycles. The summed E-state index contributed by atoms with van der Waals surface area (Å²) in [7, 11) is 0. The van der Waals surface area contributed by atoms with Gasteiger partial charge in [0.05, 0.1) is 0 Å². The van der Waals surface area contributed by atoms with Crippen LogP contribution in [-0.2, 0) is 4.79 Å². The molecule has 0 radical (unpaired) electrons. The molecular formula is C15H23FN4O. The Morgan fingerprint density at radius 3 is 2.71 bits per heavy atom. The third kappa shape index (κ3) is 4.77. The van der Waals surface area contributed by atoms with Crippen LogP contribution in [0.15, 0.2) is 24.3 Å². The monoisotopic (exact) mass is 294 g/mol. The maximum absolute atomic E-state index is 12.9. The molecule has 0 aliphatic carbocycles. The molecule has 4 N–H and O–H groups in total. The van der Waals surface area contributed by atoms with Crippen LogP contribution >= 0.6 is 0 Å². The van der Waals surface area contributed by atoms with Crippen molar-refractivity contribution in [1.29, 1.82) is 0 Å². The topological polar surface area (TPSA) is 65.2 Å². The number of rotatable bonds is 7. The van der Waals surface area contributed by atoms with Crippen molar-refractivity contribution in [3.63, 3.8) is 0 Å². The summed E-state index contributed by atoms with van der Waals surface area (Å²) >= 11 is 0. The minimum atomic E-state index is -0.258. The van der Waals surface area contributed by atoms with Crippen molar-refractivity contribution in [2.75, 3.05) is 19.6 Å². The molecule has 21 heavy (non-hydrogen) atoms. The Labute approximate surface area is 124 Å². The van der Waals surface area contributed by atoms with E-state index in [0.717, 1.165) is 25.1 Å². The highest BCUT2D eigenvalue weighted by molar-refractivity contribution is 5.82. The molecule has 1 aliphatic rings. The van der Waals surface area contributed by atoms with Gasteiger partial charge in [0.1, 0.15) is 11.9 Å². The standard InChI is InChI=1S/C15H23FN4O/c1-2-7-17-8-9-18-15(21)14-10-13(19-20-14)11-3-5-12(16)6-4-11/h3-6,13-14,17,19-20H,2,7-10H2,1H3,(H,18,21). The van der Waals surface area contributed by atoms with Crippen molar-refractivity contribution in [2.45, 2.75) is 31.8 Å². The fourth-order valence-electron chi connectivity index (χ4n) is 2.34. The van der Waals surface area contributed by atoms with Gasteiger partial charge in [0, 0.05) is 19.1 Å².